The first-order chi connectivity index (χ1) is 7.65. The van der Waals surface area contributed by atoms with Crippen LogP contribution in [0, 0.1) is 6.92 Å². The zero-order chi connectivity index (χ0) is 11.5. The minimum absolute atomic E-state index is 0.539. The number of nitrogens with zero attached hydrogens (tertiary/aromatic N) is 2. The lowest BCUT2D eigenvalue weighted by atomic mass is 10.2. The molecule has 0 radical (unpaired) electrons. The molecular weight excluding hydrogens is 238 g/mol. The first-order valence-electron chi connectivity index (χ1n) is 5.51. The lowest BCUT2D eigenvalue weighted by Gasteiger charge is -2.26. The highest BCUT2D eigenvalue weighted by Gasteiger charge is 2.19. The van der Waals surface area contributed by atoms with Crippen molar-refractivity contribution in [2.75, 3.05) is 0 Å². The molecule has 1 aliphatic heterocycles. The number of aliphatic imine (C=N–C) groups is 1. The Balaban J connectivity index is 1.99. The minimum atomic E-state index is 0.539. The zero-order valence-electron chi connectivity index (χ0n) is 9.86. The van der Waals surface area contributed by atoms with Gasteiger partial charge in [0.25, 0.3) is 0 Å². The van der Waals surface area contributed by atoms with Gasteiger partial charge in [-0.25, -0.2) is 4.98 Å². The van der Waals surface area contributed by atoms with Crippen molar-refractivity contribution in [3.63, 3.8) is 0 Å². The summed E-state index contributed by atoms with van der Waals surface area (Å²) in [7, 11) is 0. The minimum Gasteiger partial charge on any atom is -0.362 e. The van der Waals surface area contributed by atoms with Crippen LogP contribution in [0.2, 0.25) is 0 Å². The quantitative estimate of drug-likeness (QED) is 0.883. The van der Waals surface area contributed by atoms with Crippen molar-refractivity contribution in [3.8, 4) is 0 Å². The number of aromatic nitrogens is 1. The lowest BCUT2D eigenvalue weighted by molar-refractivity contribution is 0.597. The Bertz CT molecular complexity index is 374. The molecule has 2 heterocycles. The van der Waals surface area contributed by atoms with E-state index in [1.807, 2.05) is 24.2 Å². The smallest absolute Gasteiger partial charge is 0.157 e. The number of rotatable bonds is 2. The molecular formula is C11H17N3S2. The van der Waals surface area contributed by atoms with Crippen LogP contribution in [0.15, 0.2) is 10.5 Å². The van der Waals surface area contributed by atoms with E-state index in [-0.39, 0.29) is 0 Å². The highest BCUT2D eigenvalue weighted by molar-refractivity contribution is 8.14. The summed E-state index contributed by atoms with van der Waals surface area (Å²) in [6.45, 7) is 7.27. The van der Waals surface area contributed by atoms with Gasteiger partial charge in [0.2, 0.25) is 0 Å². The molecule has 16 heavy (non-hydrogen) atoms. The summed E-state index contributed by atoms with van der Waals surface area (Å²) < 4.78 is 0. The third-order valence-electron chi connectivity index (χ3n) is 2.58. The summed E-state index contributed by atoms with van der Waals surface area (Å²) in [6.07, 6.45) is 1.21. The van der Waals surface area contributed by atoms with Crippen LogP contribution < -0.4 is 5.32 Å². The van der Waals surface area contributed by atoms with Crippen LogP contribution in [0.1, 0.15) is 30.8 Å². The fourth-order valence-electron chi connectivity index (χ4n) is 1.74. The predicted molar refractivity (Wildman–Crippen MR) is 72.3 cm³/mol. The maximum atomic E-state index is 4.63. The largest absolute Gasteiger partial charge is 0.362 e. The van der Waals surface area contributed by atoms with E-state index in [0.29, 0.717) is 11.3 Å². The Hall–Kier alpha value is -0.550. The van der Waals surface area contributed by atoms with Gasteiger partial charge in [0, 0.05) is 16.2 Å². The molecule has 1 N–H and O–H groups in total. The van der Waals surface area contributed by atoms with Gasteiger partial charge in [-0.1, -0.05) is 18.7 Å². The fraction of sp³-hybridized carbons (Fsp3) is 0.636. The Morgan fingerprint density at radius 3 is 3.00 bits per heavy atom. The van der Waals surface area contributed by atoms with Crippen molar-refractivity contribution < 1.29 is 0 Å². The van der Waals surface area contributed by atoms with Gasteiger partial charge in [-0.05, 0) is 20.3 Å². The molecule has 2 atom stereocenters. The van der Waals surface area contributed by atoms with Crippen molar-refractivity contribution in [1.29, 1.82) is 0 Å². The number of thiazole rings is 1. The zero-order valence-corrected chi connectivity index (χ0v) is 11.5. The molecule has 1 aliphatic rings. The van der Waals surface area contributed by atoms with Crippen molar-refractivity contribution in [2.45, 2.75) is 45.0 Å². The third kappa shape index (κ3) is 2.98. The van der Waals surface area contributed by atoms with Crippen LogP contribution in [0.25, 0.3) is 0 Å². The SMILES string of the molecule is Cc1ncsc1CN=C1NC(C)CC(C)S1. The molecule has 3 nitrogen and oxygen atoms in total. The summed E-state index contributed by atoms with van der Waals surface area (Å²) in [4.78, 5) is 10.1. The Morgan fingerprint density at radius 2 is 2.38 bits per heavy atom. The summed E-state index contributed by atoms with van der Waals surface area (Å²) in [6, 6.07) is 0.539. The van der Waals surface area contributed by atoms with Crippen molar-refractivity contribution in [3.05, 3.63) is 16.1 Å². The summed E-state index contributed by atoms with van der Waals surface area (Å²) in [5, 5.41) is 5.17. The highest BCUT2D eigenvalue weighted by Crippen LogP contribution is 2.23. The van der Waals surface area contributed by atoms with Crippen molar-refractivity contribution in [2.24, 2.45) is 4.99 Å². The van der Waals surface area contributed by atoms with Crippen LogP contribution in [0.3, 0.4) is 0 Å². The van der Waals surface area contributed by atoms with Gasteiger partial charge in [-0.3, -0.25) is 4.99 Å². The average molecular weight is 255 g/mol. The van der Waals surface area contributed by atoms with E-state index in [1.54, 1.807) is 11.3 Å². The topological polar surface area (TPSA) is 37.3 Å². The van der Waals surface area contributed by atoms with Gasteiger partial charge in [-0.2, -0.15) is 0 Å². The standard InChI is InChI=1S/C11H17N3S2/c1-7-4-8(2)16-11(14-7)12-5-10-9(3)13-6-15-10/h6-8H,4-5H2,1-3H3,(H,12,14). The van der Waals surface area contributed by atoms with Crippen molar-refractivity contribution >= 4 is 28.3 Å². The molecule has 1 saturated heterocycles. The third-order valence-corrected chi connectivity index (χ3v) is 4.56. The van der Waals surface area contributed by atoms with Gasteiger partial charge in [0.05, 0.1) is 17.7 Å². The number of hydrogen-bond acceptors (Lipinski definition) is 4. The van der Waals surface area contributed by atoms with E-state index < -0.39 is 0 Å². The van der Waals surface area contributed by atoms with Crippen molar-refractivity contribution in [1.82, 2.24) is 10.3 Å². The Morgan fingerprint density at radius 1 is 1.56 bits per heavy atom. The molecule has 0 bridgehead atoms. The molecule has 88 valence electrons. The molecule has 0 saturated carbocycles. The highest BCUT2D eigenvalue weighted by atomic mass is 32.2. The number of nitrogens with one attached hydrogen (secondary N) is 1. The van der Waals surface area contributed by atoms with Gasteiger partial charge in [0.1, 0.15) is 0 Å². The molecule has 2 unspecified atom stereocenters. The monoisotopic (exact) mass is 255 g/mol. The second kappa shape index (κ2) is 5.19. The molecule has 1 fully saturated rings. The number of hydrogen-bond donors (Lipinski definition) is 1. The van der Waals surface area contributed by atoms with E-state index in [1.165, 1.54) is 11.3 Å². The normalized spacial score (nSPS) is 28.1. The van der Waals surface area contributed by atoms with Crippen LogP contribution in [0.5, 0.6) is 0 Å². The Kier molecular flexibility index (Phi) is 3.86. The average Bonchev–Trinajstić information content (AvgIpc) is 2.59. The van der Waals surface area contributed by atoms with Gasteiger partial charge >= 0.3 is 0 Å². The molecule has 0 aromatic carbocycles. The van der Waals surface area contributed by atoms with Crippen LogP contribution in [-0.2, 0) is 6.54 Å². The molecule has 1 aromatic rings. The van der Waals surface area contributed by atoms with Gasteiger partial charge in [0.15, 0.2) is 5.17 Å². The van der Waals surface area contributed by atoms with Crippen LogP contribution >= 0.6 is 23.1 Å². The van der Waals surface area contributed by atoms with E-state index in [0.717, 1.165) is 17.4 Å². The maximum absolute atomic E-state index is 4.63. The lowest BCUT2D eigenvalue weighted by Crippen LogP contribution is -2.38. The first-order valence-corrected chi connectivity index (χ1v) is 7.27. The number of aryl methyl sites for hydroxylation is 1. The number of thioether (sulfide) groups is 1. The van der Waals surface area contributed by atoms with E-state index in [2.05, 4.69) is 29.1 Å². The summed E-state index contributed by atoms with van der Waals surface area (Å²) >= 11 is 3.53. The predicted octanol–water partition coefficient (Wildman–Crippen LogP) is 2.81. The van der Waals surface area contributed by atoms with E-state index in [4.69, 9.17) is 0 Å². The summed E-state index contributed by atoms with van der Waals surface area (Å²) in [5.74, 6) is 0. The van der Waals surface area contributed by atoms with Crippen LogP contribution in [-0.4, -0.2) is 21.4 Å². The van der Waals surface area contributed by atoms with E-state index >= 15 is 0 Å². The first kappa shape index (κ1) is 11.9. The second-order valence-electron chi connectivity index (χ2n) is 4.19. The van der Waals surface area contributed by atoms with Gasteiger partial charge < -0.3 is 5.32 Å². The molecule has 0 aliphatic carbocycles. The fourth-order valence-corrected chi connectivity index (χ4v) is 3.62. The van der Waals surface area contributed by atoms with E-state index in [9.17, 15) is 0 Å². The molecule has 2 rings (SSSR count). The maximum Gasteiger partial charge on any atom is 0.157 e. The molecule has 5 heteroatoms. The van der Waals surface area contributed by atoms with Gasteiger partial charge in [-0.15, -0.1) is 11.3 Å². The molecule has 0 amide bonds. The molecule has 1 aromatic heterocycles. The second-order valence-corrected chi connectivity index (χ2v) is 6.56. The number of amidine groups is 1. The summed E-state index contributed by atoms with van der Waals surface area (Å²) in [5.41, 5.74) is 2.99. The van der Waals surface area contributed by atoms with Crippen LogP contribution in [0.4, 0.5) is 0 Å². The molecule has 0 spiro atoms. The Labute approximate surface area is 105 Å².